The molecule has 1 heterocycles. The smallest absolute Gasteiger partial charge is 0.244 e. The van der Waals surface area contributed by atoms with E-state index in [2.05, 4.69) is 10.6 Å². The Labute approximate surface area is 99.8 Å². The minimum atomic E-state index is -0.358. The van der Waals surface area contributed by atoms with Crippen LogP contribution in [0.3, 0.4) is 0 Å². The van der Waals surface area contributed by atoms with E-state index in [1.54, 1.807) is 18.2 Å². The first-order valence-electron chi connectivity index (χ1n) is 5.58. The maximum absolute atomic E-state index is 11.9. The number of hydrogen-bond donors (Lipinski definition) is 3. The van der Waals surface area contributed by atoms with Crippen molar-refractivity contribution in [2.24, 2.45) is 0 Å². The topological polar surface area (TPSA) is 70.6 Å². The van der Waals surface area contributed by atoms with E-state index in [-0.39, 0.29) is 17.7 Å². The van der Waals surface area contributed by atoms with E-state index in [0.29, 0.717) is 25.4 Å². The molecule has 1 amide bonds. The number of anilines is 1. The predicted octanol–water partition coefficient (Wildman–Crippen LogP) is 0.628. The number of aromatic hydroxyl groups is 1. The number of nitrogens with one attached hydrogen (secondary N) is 2. The van der Waals surface area contributed by atoms with Crippen LogP contribution in [-0.4, -0.2) is 36.8 Å². The van der Waals surface area contributed by atoms with Crippen LogP contribution in [0.1, 0.15) is 5.56 Å². The van der Waals surface area contributed by atoms with Gasteiger partial charge in [-0.2, -0.15) is 0 Å². The molecule has 1 saturated heterocycles. The van der Waals surface area contributed by atoms with E-state index in [1.807, 2.05) is 6.92 Å². The average Bonchev–Trinajstić information content (AvgIpc) is 2.35. The van der Waals surface area contributed by atoms with Gasteiger partial charge >= 0.3 is 0 Å². The second-order valence-electron chi connectivity index (χ2n) is 4.09. The molecule has 2 rings (SSSR count). The van der Waals surface area contributed by atoms with E-state index in [1.165, 1.54) is 0 Å². The summed E-state index contributed by atoms with van der Waals surface area (Å²) in [4.78, 5) is 11.9. The number of phenolic OH excluding ortho intramolecular Hbond substituents is 1. The fourth-order valence-corrected chi connectivity index (χ4v) is 1.70. The van der Waals surface area contributed by atoms with Crippen LogP contribution in [0.15, 0.2) is 18.2 Å². The molecule has 0 aliphatic carbocycles. The number of benzene rings is 1. The van der Waals surface area contributed by atoms with Crippen molar-refractivity contribution in [1.29, 1.82) is 0 Å². The van der Waals surface area contributed by atoms with Crippen LogP contribution < -0.4 is 10.6 Å². The van der Waals surface area contributed by atoms with E-state index in [9.17, 15) is 9.90 Å². The zero-order chi connectivity index (χ0) is 12.3. The quantitative estimate of drug-likeness (QED) is 0.659. The lowest BCUT2D eigenvalue weighted by Crippen LogP contribution is -2.48. The molecule has 5 nitrogen and oxygen atoms in total. The second kappa shape index (κ2) is 5.16. The summed E-state index contributed by atoms with van der Waals surface area (Å²) in [5.74, 6) is -0.119. The molecule has 17 heavy (non-hydrogen) atoms. The predicted molar refractivity (Wildman–Crippen MR) is 64.1 cm³/mol. The van der Waals surface area contributed by atoms with Gasteiger partial charge in [-0.25, -0.2) is 0 Å². The highest BCUT2D eigenvalue weighted by molar-refractivity contribution is 5.96. The van der Waals surface area contributed by atoms with Gasteiger partial charge in [0.25, 0.3) is 0 Å². The summed E-state index contributed by atoms with van der Waals surface area (Å²) < 4.78 is 5.21. The molecule has 0 bridgehead atoms. The van der Waals surface area contributed by atoms with Gasteiger partial charge in [0.15, 0.2) is 0 Å². The molecule has 1 fully saturated rings. The first kappa shape index (κ1) is 11.9. The SMILES string of the molecule is Cc1ccc(O)c(NC(=O)C2COCCN2)c1. The standard InChI is InChI=1S/C12H16N2O3/c1-8-2-3-11(15)9(6-8)14-12(16)10-7-17-5-4-13-10/h2-3,6,10,13,15H,4-5,7H2,1H3,(H,14,16). The summed E-state index contributed by atoms with van der Waals surface area (Å²) in [6, 6.07) is 4.73. The van der Waals surface area contributed by atoms with Crippen molar-refractivity contribution in [2.75, 3.05) is 25.1 Å². The van der Waals surface area contributed by atoms with E-state index >= 15 is 0 Å². The Bertz CT molecular complexity index is 414. The highest BCUT2D eigenvalue weighted by Crippen LogP contribution is 2.23. The summed E-state index contributed by atoms with van der Waals surface area (Å²) in [6.45, 7) is 3.55. The van der Waals surface area contributed by atoms with Crippen LogP contribution >= 0.6 is 0 Å². The van der Waals surface area contributed by atoms with Gasteiger partial charge in [-0.3, -0.25) is 4.79 Å². The highest BCUT2D eigenvalue weighted by Gasteiger charge is 2.21. The Morgan fingerprint density at radius 2 is 2.41 bits per heavy atom. The van der Waals surface area contributed by atoms with Crippen molar-refractivity contribution < 1.29 is 14.6 Å². The molecule has 1 aliphatic rings. The first-order valence-corrected chi connectivity index (χ1v) is 5.58. The minimum absolute atomic E-state index is 0.0701. The number of aryl methyl sites for hydroxylation is 1. The molecule has 0 aromatic heterocycles. The summed E-state index contributed by atoms with van der Waals surface area (Å²) in [5.41, 5.74) is 1.41. The molecule has 0 radical (unpaired) electrons. The van der Waals surface area contributed by atoms with Crippen molar-refractivity contribution in [1.82, 2.24) is 5.32 Å². The summed E-state index contributed by atoms with van der Waals surface area (Å²) in [6.07, 6.45) is 0. The van der Waals surface area contributed by atoms with Crippen molar-refractivity contribution in [2.45, 2.75) is 13.0 Å². The van der Waals surface area contributed by atoms with Gasteiger partial charge in [0, 0.05) is 6.54 Å². The molecule has 1 aliphatic heterocycles. The molecule has 0 saturated carbocycles. The largest absolute Gasteiger partial charge is 0.506 e. The van der Waals surface area contributed by atoms with Crippen LogP contribution in [0.25, 0.3) is 0 Å². The van der Waals surface area contributed by atoms with Gasteiger partial charge in [-0.05, 0) is 24.6 Å². The third-order valence-electron chi connectivity index (χ3n) is 2.65. The van der Waals surface area contributed by atoms with Gasteiger partial charge in [0.1, 0.15) is 11.8 Å². The number of phenols is 1. The molecular formula is C12H16N2O3. The average molecular weight is 236 g/mol. The molecule has 1 aromatic carbocycles. The molecule has 1 aromatic rings. The molecule has 3 N–H and O–H groups in total. The van der Waals surface area contributed by atoms with Crippen molar-refractivity contribution in [3.63, 3.8) is 0 Å². The summed E-state index contributed by atoms with van der Waals surface area (Å²) in [7, 11) is 0. The monoisotopic (exact) mass is 236 g/mol. The number of rotatable bonds is 2. The Balaban J connectivity index is 2.04. The Morgan fingerprint density at radius 1 is 1.59 bits per heavy atom. The second-order valence-corrected chi connectivity index (χ2v) is 4.09. The van der Waals surface area contributed by atoms with Crippen LogP contribution in [0, 0.1) is 6.92 Å². The van der Waals surface area contributed by atoms with Crippen molar-refractivity contribution >= 4 is 11.6 Å². The van der Waals surface area contributed by atoms with Crippen LogP contribution in [0.2, 0.25) is 0 Å². The zero-order valence-electron chi connectivity index (χ0n) is 9.69. The number of ether oxygens (including phenoxy) is 1. The van der Waals surface area contributed by atoms with Crippen LogP contribution in [0.5, 0.6) is 5.75 Å². The first-order chi connectivity index (χ1) is 8.16. The third-order valence-corrected chi connectivity index (χ3v) is 2.65. The third kappa shape index (κ3) is 2.95. The Morgan fingerprint density at radius 3 is 3.12 bits per heavy atom. The number of hydrogen-bond acceptors (Lipinski definition) is 4. The minimum Gasteiger partial charge on any atom is -0.506 e. The van der Waals surface area contributed by atoms with Gasteiger partial charge in [0.2, 0.25) is 5.91 Å². The fourth-order valence-electron chi connectivity index (χ4n) is 1.70. The maximum atomic E-state index is 11.9. The molecule has 5 heteroatoms. The van der Waals surface area contributed by atoms with Gasteiger partial charge in [-0.1, -0.05) is 6.07 Å². The zero-order valence-corrected chi connectivity index (χ0v) is 9.69. The molecule has 92 valence electrons. The van der Waals surface area contributed by atoms with Gasteiger partial charge in [-0.15, -0.1) is 0 Å². The van der Waals surface area contributed by atoms with Crippen LogP contribution in [-0.2, 0) is 9.53 Å². The van der Waals surface area contributed by atoms with E-state index in [0.717, 1.165) is 5.56 Å². The lowest BCUT2D eigenvalue weighted by atomic mass is 10.2. The number of carbonyl (C=O) groups is 1. The summed E-state index contributed by atoms with van der Waals surface area (Å²) in [5, 5.41) is 15.4. The lowest BCUT2D eigenvalue weighted by molar-refractivity contribution is -0.120. The fraction of sp³-hybridized carbons (Fsp3) is 0.417. The van der Waals surface area contributed by atoms with E-state index in [4.69, 9.17) is 4.74 Å². The molecule has 1 atom stereocenters. The summed E-state index contributed by atoms with van der Waals surface area (Å²) >= 11 is 0. The van der Waals surface area contributed by atoms with E-state index < -0.39 is 0 Å². The number of morpholine rings is 1. The number of amides is 1. The Hall–Kier alpha value is -1.59. The number of carbonyl (C=O) groups excluding carboxylic acids is 1. The van der Waals surface area contributed by atoms with Crippen molar-refractivity contribution in [3.05, 3.63) is 23.8 Å². The lowest BCUT2D eigenvalue weighted by Gasteiger charge is -2.23. The van der Waals surface area contributed by atoms with Crippen molar-refractivity contribution in [3.8, 4) is 5.75 Å². The van der Waals surface area contributed by atoms with Gasteiger partial charge in [0.05, 0.1) is 18.9 Å². The van der Waals surface area contributed by atoms with Gasteiger partial charge < -0.3 is 20.5 Å². The maximum Gasteiger partial charge on any atom is 0.244 e. The highest BCUT2D eigenvalue weighted by atomic mass is 16.5. The molecule has 0 spiro atoms. The Kier molecular flexibility index (Phi) is 3.61. The van der Waals surface area contributed by atoms with Crippen LogP contribution in [0.4, 0.5) is 5.69 Å². The molecular weight excluding hydrogens is 220 g/mol. The normalized spacial score (nSPS) is 19.9. The molecule has 1 unspecified atom stereocenters.